The number of pyridine rings is 1. The van der Waals surface area contributed by atoms with Crippen LogP contribution in [-0.2, 0) is 12.7 Å². The predicted octanol–water partition coefficient (Wildman–Crippen LogP) is 5.43. The van der Waals surface area contributed by atoms with Crippen molar-refractivity contribution in [3.63, 3.8) is 0 Å². The van der Waals surface area contributed by atoms with Crippen LogP contribution in [-0.4, -0.2) is 24.0 Å². The van der Waals surface area contributed by atoms with Gasteiger partial charge >= 0.3 is 6.18 Å². The van der Waals surface area contributed by atoms with E-state index in [0.717, 1.165) is 30.9 Å². The molecule has 0 aliphatic carbocycles. The number of anilines is 2. The van der Waals surface area contributed by atoms with E-state index in [1.807, 2.05) is 18.2 Å². The van der Waals surface area contributed by atoms with E-state index in [4.69, 9.17) is 5.73 Å². The SMILES string of the molecule is CCN(CC)c1ccc(N)c(-c2cc(C(=O)NCc3cc(C)cc(C(F)(F)F)c3)ccn2)c1. The van der Waals surface area contributed by atoms with Crippen molar-refractivity contribution in [3.8, 4) is 11.3 Å². The minimum atomic E-state index is -4.44. The molecule has 1 amide bonds. The number of aryl methyl sites for hydroxylation is 1. The van der Waals surface area contributed by atoms with Crippen molar-refractivity contribution in [3.05, 3.63) is 77.0 Å². The zero-order valence-corrected chi connectivity index (χ0v) is 18.8. The van der Waals surface area contributed by atoms with Crippen molar-refractivity contribution in [2.75, 3.05) is 23.7 Å². The lowest BCUT2D eigenvalue weighted by Gasteiger charge is -2.22. The molecule has 3 aromatic rings. The van der Waals surface area contributed by atoms with E-state index in [2.05, 4.69) is 29.0 Å². The summed E-state index contributed by atoms with van der Waals surface area (Å²) >= 11 is 0. The Morgan fingerprint density at radius 2 is 1.79 bits per heavy atom. The summed E-state index contributed by atoms with van der Waals surface area (Å²) in [7, 11) is 0. The summed E-state index contributed by atoms with van der Waals surface area (Å²) in [4.78, 5) is 19.3. The predicted molar refractivity (Wildman–Crippen MR) is 125 cm³/mol. The van der Waals surface area contributed by atoms with E-state index >= 15 is 0 Å². The summed E-state index contributed by atoms with van der Waals surface area (Å²) in [6.07, 6.45) is -2.92. The fourth-order valence-corrected chi connectivity index (χ4v) is 3.68. The van der Waals surface area contributed by atoms with Crippen molar-refractivity contribution in [2.45, 2.75) is 33.5 Å². The maximum atomic E-state index is 13.1. The van der Waals surface area contributed by atoms with E-state index in [0.29, 0.717) is 33.6 Å². The van der Waals surface area contributed by atoms with Crippen LogP contribution in [0.5, 0.6) is 0 Å². The van der Waals surface area contributed by atoms with Gasteiger partial charge in [-0.25, -0.2) is 0 Å². The van der Waals surface area contributed by atoms with Gasteiger partial charge in [0.2, 0.25) is 0 Å². The first-order valence-corrected chi connectivity index (χ1v) is 10.7. The molecule has 2 aromatic carbocycles. The second kappa shape index (κ2) is 9.94. The van der Waals surface area contributed by atoms with Crippen molar-refractivity contribution in [2.24, 2.45) is 0 Å². The van der Waals surface area contributed by atoms with Crippen LogP contribution in [0.15, 0.2) is 54.7 Å². The number of nitrogens with one attached hydrogen (secondary N) is 1. The topological polar surface area (TPSA) is 71.2 Å². The molecule has 33 heavy (non-hydrogen) atoms. The van der Waals surface area contributed by atoms with E-state index in [1.54, 1.807) is 25.1 Å². The largest absolute Gasteiger partial charge is 0.416 e. The number of aromatic nitrogens is 1. The Kier molecular flexibility index (Phi) is 7.26. The van der Waals surface area contributed by atoms with Crippen LogP contribution >= 0.6 is 0 Å². The highest BCUT2D eigenvalue weighted by Gasteiger charge is 2.30. The molecule has 0 atom stereocenters. The number of halogens is 3. The molecule has 0 aliphatic heterocycles. The second-order valence-corrected chi connectivity index (χ2v) is 7.76. The molecule has 0 saturated heterocycles. The molecule has 3 N–H and O–H groups in total. The van der Waals surface area contributed by atoms with E-state index in [-0.39, 0.29) is 6.54 Å². The zero-order valence-electron chi connectivity index (χ0n) is 18.8. The number of rotatable bonds is 7. The van der Waals surface area contributed by atoms with Crippen molar-refractivity contribution < 1.29 is 18.0 Å². The van der Waals surface area contributed by atoms with Crippen molar-refractivity contribution in [1.82, 2.24) is 10.3 Å². The number of benzene rings is 2. The zero-order chi connectivity index (χ0) is 24.2. The Bertz CT molecular complexity index is 1140. The summed E-state index contributed by atoms with van der Waals surface area (Å²) < 4.78 is 39.2. The molecule has 5 nitrogen and oxygen atoms in total. The highest BCUT2D eigenvalue weighted by Crippen LogP contribution is 2.31. The average molecular weight is 457 g/mol. The molecule has 0 fully saturated rings. The second-order valence-electron chi connectivity index (χ2n) is 7.76. The number of amides is 1. The maximum Gasteiger partial charge on any atom is 0.416 e. The third-order valence-electron chi connectivity index (χ3n) is 5.38. The number of hydrogen-bond donors (Lipinski definition) is 2. The molecule has 174 valence electrons. The molecule has 1 aromatic heterocycles. The summed E-state index contributed by atoms with van der Waals surface area (Å²) in [5, 5.41) is 2.69. The lowest BCUT2D eigenvalue weighted by Crippen LogP contribution is -2.23. The van der Waals surface area contributed by atoms with Gasteiger partial charge in [0, 0.05) is 48.3 Å². The normalized spacial score (nSPS) is 11.3. The minimum absolute atomic E-state index is 0.0270. The molecule has 0 unspecified atom stereocenters. The molecule has 0 spiro atoms. The van der Waals surface area contributed by atoms with Crippen LogP contribution in [0.2, 0.25) is 0 Å². The first-order valence-electron chi connectivity index (χ1n) is 10.7. The summed E-state index contributed by atoms with van der Waals surface area (Å²) in [6.45, 7) is 7.37. The Hall–Kier alpha value is -3.55. The maximum absolute atomic E-state index is 13.1. The lowest BCUT2D eigenvalue weighted by molar-refractivity contribution is -0.137. The van der Waals surface area contributed by atoms with Crippen LogP contribution < -0.4 is 16.0 Å². The molecular formula is C25H27F3N4O. The lowest BCUT2D eigenvalue weighted by atomic mass is 10.0. The Balaban J connectivity index is 1.81. The number of alkyl halides is 3. The minimum Gasteiger partial charge on any atom is -0.398 e. The number of carbonyl (C=O) groups excluding carboxylic acids is 1. The van der Waals surface area contributed by atoms with Crippen molar-refractivity contribution in [1.29, 1.82) is 0 Å². The van der Waals surface area contributed by atoms with Crippen LogP contribution in [0.25, 0.3) is 11.3 Å². The van der Waals surface area contributed by atoms with Crippen LogP contribution in [0.3, 0.4) is 0 Å². The van der Waals surface area contributed by atoms with Gasteiger partial charge in [-0.2, -0.15) is 13.2 Å². The quantitative estimate of drug-likeness (QED) is 0.465. The third kappa shape index (κ3) is 5.83. The Morgan fingerprint density at radius 1 is 1.06 bits per heavy atom. The van der Waals surface area contributed by atoms with Gasteiger partial charge in [0.1, 0.15) is 0 Å². The third-order valence-corrected chi connectivity index (χ3v) is 5.38. The fraction of sp³-hybridized carbons (Fsp3) is 0.280. The Morgan fingerprint density at radius 3 is 2.45 bits per heavy atom. The van der Waals surface area contributed by atoms with Gasteiger partial charge in [-0.1, -0.05) is 11.6 Å². The molecule has 3 rings (SSSR count). The van der Waals surface area contributed by atoms with Gasteiger partial charge in [0.15, 0.2) is 0 Å². The van der Waals surface area contributed by atoms with Crippen molar-refractivity contribution >= 4 is 17.3 Å². The summed E-state index contributed by atoms with van der Waals surface area (Å²) in [5.41, 5.74) is 9.43. The number of nitrogen functional groups attached to an aromatic ring is 1. The number of carbonyl (C=O) groups is 1. The molecule has 0 bridgehead atoms. The fourth-order valence-electron chi connectivity index (χ4n) is 3.68. The molecule has 1 heterocycles. The van der Waals surface area contributed by atoms with Gasteiger partial charge < -0.3 is 16.0 Å². The van der Waals surface area contributed by atoms with E-state index < -0.39 is 17.6 Å². The van der Waals surface area contributed by atoms with Gasteiger partial charge in [-0.15, -0.1) is 0 Å². The smallest absolute Gasteiger partial charge is 0.398 e. The first-order chi connectivity index (χ1) is 15.6. The summed E-state index contributed by atoms with van der Waals surface area (Å²) in [6, 6.07) is 12.6. The standard InChI is InChI=1S/C25H27F3N4O/c1-4-32(5-2)20-6-7-22(29)21(14-20)23-13-18(8-9-30-23)24(33)31-15-17-10-16(3)11-19(12-17)25(26,27)28/h6-14H,4-5,15,29H2,1-3H3,(H,31,33). The highest BCUT2D eigenvalue weighted by molar-refractivity contribution is 5.95. The van der Waals surface area contributed by atoms with Crippen LogP contribution in [0.1, 0.15) is 40.9 Å². The van der Waals surface area contributed by atoms with Crippen LogP contribution in [0, 0.1) is 6.92 Å². The van der Waals surface area contributed by atoms with E-state index in [1.165, 1.54) is 6.20 Å². The molecule has 0 aliphatic rings. The van der Waals surface area contributed by atoms with Gasteiger partial charge in [0.25, 0.3) is 5.91 Å². The Labute approximate surface area is 191 Å². The average Bonchev–Trinajstić information content (AvgIpc) is 2.78. The molecule has 0 radical (unpaired) electrons. The first kappa shape index (κ1) is 24.1. The molecule has 8 heteroatoms. The number of nitrogens with two attached hydrogens (primary N) is 1. The molecular weight excluding hydrogens is 429 g/mol. The van der Waals surface area contributed by atoms with Gasteiger partial charge in [0.05, 0.1) is 11.3 Å². The molecule has 0 saturated carbocycles. The highest BCUT2D eigenvalue weighted by atomic mass is 19.4. The van der Waals surface area contributed by atoms with Gasteiger partial charge in [-0.3, -0.25) is 9.78 Å². The number of hydrogen-bond acceptors (Lipinski definition) is 4. The summed E-state index contributed by atoms with van der Waals surface area (Å²) in [5.74, 6) is -0.410. The van der Waals surface area contributed by atoms with E-state index in [9.17, 15) is 18.0 Å². The van der Waals surface area contributed by atoms with Gasteiger partial charge in [-0.05, 0) is 68.8 Å². The monoisotopic (exact) mass is 456 g/mol. The number of nitrogens with zero attached hydrogens (tertiary/aromatic N) is 2. The van der Waals surface area contributed by atoms with Crippen LogP contribution in [0.4, 0.5) is 24.5 Å².